The Morgan fingerprint density at radius 2 is 2.20 bits per heavy atom. The normalized spacial score (nSPS) is 14.2. The van der Waals surface area contributed by atoms with Crippen molar-refractivity contribution >= 4 is 5.78 Å². The number of ketones is 1. The Kier molecular flexibility index (Phi) is 3.54. The summed E-state index contributed by atoms with van der Waals surface area (Å²) in [6.07, 6.45) is 5.21. The van der Waals surface area contributed by atoms with E-state index in [-0.39, 0.29) is 5.78 Å². The van der Waals surface area contributed by atoms with E-state index in [2.05, 4.69) is 5.10 Å². The minimum Gasteiger partial charge on any atom is -0.493 e. The molecule has 0 fully saturated rings. The van der Waals surface area contributed by atoms with Gasteiger partial charge in [0, 0.05) is 37.3 Å². The summed E-state index contributed by atoms with van der Waals surface area (Å²) >= 11 is 0. The summed E-state index contributed by atoms with van der Waals surface area (Å²) in [5.74, 6) is 1.10. The van der Waals surface area contributed by atoms with E-state index in [0.717, 1.165) is 41.8 Å². The van der Waals surface area contributed by atoms with Crippen LogP contribution >= 0.6 is 0 Å². The highest BCUT2D eigenvalue weighted by Crippen LogP contribution is 2.25. The van der Waals surface area contributed by atoms with Crippen LogP contribution in [0.1, 0.15) is 34.5 Å². The number of hydrogen-bond acceptors (Lipinski definition) is 3. The zero-order valence-electron chi connectivity index (χ0n) is 11.6. The van der Waals surface area contributed by atoms with Crippen LogP contribution in [0, 0.1) is 0 Å². The van der Waals surface area contributed by atoms with Crippen molar-refractivity contribution < 1.29 is 9.53 Å². The Balaban J connectivity index is 1.64. The molecule has 1 aromatic carbocycles. The monoisotopic (exact) mass is 270 g/mol. The fourth-order valence-electron chi connectivity index (χ4n) is 2.63. The average molecular weight is 270 g/mol. The van der Waals surface area contributed by atoms with E-state index in [1.807, 2.05) is 36.0 Å². The van der Waals surface area contributed by atoms with Crippen LogP contribution in [0.15, 0.2) is 30.5 Å². The van der Waals surface area contributed by atoms with E-state index in [4.69, 9.17) is 4.74 Å². The van der Waals surface area contributed by atoms with E-state index in [1.165, 1.54) is 0 Å². The molecular weight excluding hydrogens is 252 g/mol. The lowest BCUT2D eigenvalue weighted by atomic mass is 9.90. The van der Waals surface area contributed by atoms with Gasteiger partial charge < -0.3 is 4.74 Å². The van der Waals surface area contributed by atoms with Gasteiger partial charge in [0.25, 0.3) is 0 Å². The molecule has 0 bridgehead atoms. The molecule has 104 valence electrons. The van der Waals surface area contributed by atoms with Gasteiger partial charge in [-0.15, -0.1) is 0 Å². The van der Waals surface area contributed by atoms with Crippen LogP contribution in [-0.2, 0) is 19.9 Å². The highest BCUT2D eigenvalue weighted by molar-refractivity contribution is 5.98. The highest BCUT2D eigenvalue weighted by Gasteiger charge is 2.17. The van der Waals surface area contributed by atoms with E-state index in [9.17, 15) is 4.79 Å². The third-order valence-corrected chi connectivity index (χ3v) is 3.78. The van der Waals surface area contributed by atoms with Crippen LogP contribution in [0.25, 0.3) is 0 Å². The second-order valence-corrected chi connectivity index (χ2v) is 5.14. The van der Waals surface area contributed by atoms with E-state index in [1.54, 1.807) is 6.20 Å². The number of hydrogen-bond donors (Lipinski definition) is 0. The van der Waals surface area contributed by atoms with Crippen molar-refractivity contribution in [3.8, 4) is 5.75 Å². The number of carbonyl (C=O) groups is 1. The molecule has 3 rings (SSSR count). The zero-order valence-corrected chi connectivity index (χ0v) is 11.6. The molecule has 0 radical (unpaired) electrons. The van der Waals surface area contributed by atoms with Crippen molar-refractivity contribution in [2.24, 2.45) is 7.05 Å². The van der Waals surface area contributed by atoms with Crippen LogP contribution in [0.3, 0.4) is 0 Å². The lowest BCUT2D eigenvalue weighted by molar-refractivity contribution is 0.0972. The molecule has 1 heterocycles. The number of aryl methyl sites for hydroxylation is 2. The first-order chi connectivity index (χ1) is 9.74. The molecule has 20 heavy (non-hydrogen) atoms. The topological polar surface area (TPSA) is 44.1 Å². The standard InChI is InChI=1S/C16H18N2O2/c1-18-13(7-9-17-18)8-10-20-14-5-6-15-12(11-14)3-2-4-16(15)19/h5-7,9,11H,2-4,8,10H2,1H3. The third-order valence-electron chi connectivity index (χ3n) is 3.78. The highest BCUT2D eigenvalue weighted by atomic mass is 16.5. The zero-order chi connectivity index (χ0) is 13.9. The molecule has 0 amide bonds. The van der Waals surface area contributed by atoms with Gasteiger partial charge in [-0.05, 0) is 42.7 Å². The number of nitrogens with zero attached hydrogens (tertiary/aromatic N) is 2. The van der Waals surface area contributed by atoms with Gasteiger partial charge >= 0.3 is 0 Å². The number of Topliss-reactive ketones (excluding diaryl/α,β-unsaturated/α-hetero) is 1. The van der Waals surface area contributed by atoms with Crippen molar-refractivity contribution in [3.05, 3.63) is 47.3 Å². The summed E-state index contributed by atoms with van der Waals surface area (Å²) in [4.78, 5) is 11.8. The summed E-state index contributed by atoms with van der Waals surface area (Å²) in [5, 5.41) is 4.13. The second-order valence-electron chi connectivity index (χ2n) is 5.14. The Morgan fingerprint density at radius 1 is 1.30 bits per heavy atom. The molecule has 0 unspecified atom stereocenters. The third kappa shape index (κ3) is 2.59. The molecule has 0 saturated carbocycles. The molecule has 0 aliphatic heterocycles. The number of ether oxygens (including phenoxy) is 1. The maximum absolute atomic E-state index is 11.8. The molecule has 0 saturated heterocycles. The molecular formula is C16H18N2O2. The number of fused-ring (bicyclic) bond motifs is 1. The van der Waals surface area contributed by atoms with Gasteiger partial charge in [-0.25, -0.2) is 0 Å². The van der Waals surface area contributed by atoms with Crippen LogP contribution in [0.4, 0.5) is 0 Å². The minimum absolute atomic E-state index is 0.257. The van der Waals surface area contributed by atoms with Crippen molar-refractivity contribution in [1.29, 1.82) is 0 Å². The number of carbonyl (C=O) groups excluding carboxylic acids is 1. The molecule has 0 spiro atoms. The molecule has 1 aromatic heterocycles. The number of benzene rings is 1. The second kappa shape index (κ2) is 5.49. The van der Waals surface area contributed by atoms with Crippen LogP contribution in [0.5, 0.6) is 5.75 Å². The summed E-state index contributed by atoms with van der Waals surface area (Å²) in [6, 6.07) is 7.80. The smallest absolute Gasteiger partial charge is 0.163 e. The first-order valence-corrected chi connectivity index (χ1v) is 7.00. The van der Waals surface area contributed by atoms with Gasteiger partial charge in [0.15, 0.2) is 5.78 Å². The molecule has 4 nitrogen and oxygen atoms in total. The maximum Gasteiger partial charge on any atom is 0.163 e. The largest absolute Gasteiger partial charge is 0.493 e. The summed E-state index contributed by atoms with van der Waals surface area (Å²) < 4.78 is 7.64. The maximum atomic E-state index is 11.8. The van der Waals surface area contributed by atoms with Gasteiger partial charge in [0.2, 0.25) is 0 Å². The first-order valence-electron chi connectivity index (χ1n) is 7.00. The van der Waals surface area contributed by atoms with Gasteiger partial charge in [-0.3, -0.25) is 9.48 Å². The molecule has 0 atom stereocenters. The van der Waals surface area contributed by atoms with Crippen molar-refractivity contribution in [1.82, 2.24) is 9.78 Å². The Labute approximate surface area is 118 Å². The Morgan fingerprint density at radius 3 is 3.00 bits per heavy atom. The lowest BCUT2D eigenvalue weighted by Crippen LogP contribution is -2.11. The van der Waals surface area contributed by atoms with Gasteiger partial charge in [-0.1, -0.05) is 0 Å². The SMILES string of the molecule is Cn1nccc1CCOc1ccc2c(c1)CCCC2=O. The van der Waals surface area contributed by atoms with E-state index < -0.39 is 0 Å². The molecule has 4 heteroatoms. The average Bonchev–Trinajstić information content (AvgIpc) is 2.85. The van der Waals surface area contributed by atoms with E-state index in [0.29, 0.717) is 13.0 Å². The van der Waals surface area contributed by atoms with Gasteiger partial charge in [-0.2, -0.15) is 5.10 Å². The fraction of sp³-hybridized carbons (Fsp3) is 0.375. The first kappa shape index (κ1) is 12.9. The lowest BCUT2D eigenvalue weighted by Gasteiger charge is -2.16. The Bertz CT molecular complexity index is 631. The van der Waals surface area contributed by atoms with Gasteiger partial charge in [0.05, 0.1) is 6.61 Å². The number of rotatable bonds is 4. The van der Waals surface area contributed by atoms with Crippen LogP contribution in [-0.4, -0.2) is 22.2 Å². The van der Waals surface area contributed by atoms with Crippen molar-refractivity contribution in [2.45, 2.75) is 25.7 Å². The molecule has 2 aromatic rings. The van der Waals surface area contributed by atoms with Crippen LogP contribution < -0.4 is 4.74 Å². The molecule has 1 aliphatic rings. The number of aromatic nitrogens is 2. The van der Waals surface area contributed by atoms with Crippen molar-refractivity contribution in [2.75, 3.05) is 6.61 Å². The summed E-state index contributed by atoms with van der Waals surface area (Å²) in [5.41, 5.74) is 3.15. The minimum atomic E-state index is 0.257. The summed E-state index contributed by atoms with van der Waals surface area (Å²) in [6.45, 7) is 0.617. The fourth-order valence-corrected chi connectivity index (χ4v) is 2.63. The van der Waals surface area contributed by atoms with Gasteiger partial charge in [0.1, 0.15) is 5.75 Å². The summed E-state index contributed by atoms with van der Waals surface area (Å²) in [7, 11) is 1.93. The Hall–Kier alpha value is -2.10. The quantitative estimate of drug-likeness (QED) is 0.857. The predicted molar refractivity (Wildman–Crippen MR) is 76.1 cm³/mol. The predicted octanol–water partition coefficient (Wildman–Crippen LogP) is 2.56. The molecule has 1 aliphatic carbocycles. The van der Waals surface area contributed by atoms with E-state index >= 15 is 0 Å². The van der Waals surface area contributed by atoms with Crippen LogP contribution in [0.2, 0.25) is 0 Å². The van der Waals surface area contributed by atoms with Crippen molar-refractivity contribution in [3.63, 3.8) is 0 Å². The molecule has 0 N–H and O–H groups in total.